The first-order valence-electron chi connectivity index (χ1n) is 2.92. The van der Waals surface area contributed by atoms with E-state index in [9.17, 15) is 0 Å². The summed E-state index contributed by atoms with van der Waals surface area (Å²) in [7, 11) is 0. The topological polar surface area (TPSA) is 9.23 Å². The summed E-state index contributed by atoms with van der Waals surface area (Å²) in [6, 6.07) is 0. The summed E-state index contributed by atoms with van der Waals surface area (Å²) in [5.41, 5.74) is 0.0897. The van der Waals surface area contributed by atoms with Gasteiger partial charge in [0, 0.05) is 5.25 Å². The highest BCUT2D eigenvalue weighted by Gasteiger charge is 2.29. The number of ether oxygens (including phenoxy) is 1. The molecule has 1 saturated heterocycles. The van der Waals surface area contributed by atoms with Crippen LogP contribution in [0.4, 0.5) is 0 Å². The Morgan fingerprint density at radius 3 is 2.38 bits per heavy atom. The summed E-state index contributed by atoms with van der Waals surface area (Å²) in [4.78, 5) is 0. The van der Waals surface area contributed by atoms with Crippen LogP contribution in [0.25, 0.3) is 0 Å². The van der Waals surface area contributed by atoms with Crippen LogP contribution in [-0.4, -0.2) is 17.5 Å². The summed E-state index contributed by atoms with van der Waals surface area (Å²) < 4.78 is 5.38. The molecule has 0 amide bonds. The molecule has 8 heavy (non-hydrogen) atoms. The molecule has 48 valence electrons. The molecule has 1 aliphatic rings. The van der Waals surface area contributed by atoms with Crippen LogP contribution in [0.15, 0.2) is 0 Å². The average Bonchev–Trinajstić information content (AvgIpc) is 1.82. The van der Waals surface area contributed by atoms with E-state index < -0.39 is 0 Å². The molecule has 1 rings (SSSR count). The molecule has 0 saturated carbocycles. The fourth-order valence-electron chi connectivity index (χ4n) is 1.01. The van der Waals surface area contributed by atoms with E-state index in [0.717, 1.165) is 13.0 Å². The van der Waals surface area contributed by atoms with E-state index in [2.05, 4.69) is 26.5 Å². The largest absolute Gasteiger partial charge is 0.374 e. The van der Waals surface area contributed by atoms with Gasteiger partial charge in [-0.15, -0.1) is 0 Å². The second kappa shape index (κ2) is 1.92. The molecule has 1 nitrogen and oxygen atoms in total. The van der Waals surface area contributed by atoms with E-state index >= 15 is 0 Å². The van der Waals surface area contributed by atoms with Crippen molar-refractivity contribution in [3.05, 3.63) is 0 Å². The molecule has 1 heterocycles. The molecule has 1 unspecified atom stereocenters. The van der Waals surface area contributed by atoms with Crippen LogP contribution >= 0.6 is 12.6 Å². The lowest BCUT2D eigenvalue weighted by atomic mass is 10.1. The smallest absolute Gasteiger partial charge is 0.0638 e. The Hall–Kier alpha value is 0.310. The minimum Gasteiger partial charge on any atom is -0.374 e. The maximum absolute atomic E-state index is 5.38. The van der Waals surface area contributed by atoms with Crippen molar-refractivity contribution in [1.29, 1.82) is 0 Å². The first-order valence-corrected chi connectivity index (χ1v) is 3.44. The van der Waals surface area contributed by atoms with Crippen molar-refractivity contribution in [2.24, 2.45) is 0 Å². The van der Waals surface area contributed by atoms with Crippen LogP contribution in [0.3, 0.4) is 0 Å². The molecule has 0 bridgehead atoms. The van der Waals surface area contributed by atoms with E-state index in [1.165, 1.54) is 0 Å². The zero-order valence-corrected chi connectivity index (χ0v) is 6.24. The molecule has 1 aliphatic heterocycles. The van der Waals surface area contributed by atoms with Crippen molar-refractivity contribution in [3.8, 4) is 0 Å². The second-order valence-corrected chi connectivity index (χ2v) is 3.66. The lowest BCUT2D eigenvalue weighted by Gasteiger charge is -2.14. The molecule has 0 N–H and O–H groups in total. The molecule has 0 radical (unpaired) electrons. The fourth-order valence-corrected chi connectivity index (χ4v) is 1.52. The van der Waals surface area contributed by atoms with Crippen LogP contribution in [0.2, 0.25) is 0 Å². The fraction of sp³-hybridized carbons (Fsp3) is 1.00. The standard InChI is InChI=1S/C6H12OS/c1-6(2)3-5(8)4-7-6/h5,8H,3-4H2,1-2H3. The van der Waals surface area contributed by atoms with Gasteiger partial charge in [-0.25, -0.2) is 0 Å². The zero-order chi connectivity index (χ0) is 6.20. The van der Waals surface area contributed by atoms with Gasteiger partial charge in [0.25, 0.3) is 0 Å². The zero-order valence-electron chi connectivity index (χ0n) is 5.35. The minimum atomic E-state index is 0.0897. The van der Waals surface area contributed by atoms with Crippen molar-refractivity contribution in [2.45, 2.75) is 31.1 Å². The molecular weight excluding hydrogens is 120 g/mol. The van der Waals surface area contributed by atoms with Gasteiger partial charge < -0.3 is 4.74 Å². The second-order valence-electron chi connectivity index (χ2n) is 2.93. The molecule has 1 fully saturated rings. The van der Waals surface area contributed by atoms with E-state index in [1.54, 1.807) is 0 Å². The lowest BCUT2D eigenvalue weighted by Crippen LogP contribution is -2.16. The molecular formula is C6H12OS. The van der Waals surface area contributed by atoms with Crippen LogP contribution in [-0.2, 0) is 4.74 Å². The van der Waals surface area contributed by atoms with E-state index in [4.69, 9.17) is 4.74 Å². The predicted molar refractivity (Wildman–Crippen MR) is 37.4 cm³/mol. The van der Waals surface area contributed by atoms with Gasteiger partial charge in [0.2, 0.25) is 0 Å². The Morgan fingerprint density at radius 1 is 1.62 bits per heavy atom. The van der Waals surface area contributed by atoms with E-state index in [1.807, 2.05) is 0 Å². The van der Waals surface area contributed by atoms with Gasteiger partial charge in [-0.2, -0.15) is 12.6 Å². The van der Waals surface area contributed by atoms with Crippen LogP contribution in [0.1, 0.15) is 20.3 Å². The van der Waals surface area contributed by atoms with E-state index in [0.29, 0.717) is 5.25 Å². The Bertz CT molecular complexity index is 90.5. The maximum atomic E-state index is 5.38. The van der Waals surface area contributed by atoms with Gasteiger partial charge in [-0.1, -0.05) is 0 Å². The Balaban J connectivity index is 2.44. The van der Waals surface area contributed by atoms with Crippen molar-refractivity contribution < 1.29 is 4.74 Å². The quantitative estimate of drug-likeness (QED) is 0.491. The third-order valence-electron chi connectivity index (χ3n) is 1.39. The monoisotopic (exact) mass is 132 g/mol. The van der Waals surface area contributed by atoms with Crippen molar-refractivity contribution >= 4 is 12.6 Å². The van der Waals surface area contributed by atoms with Gasteiger partial charge >= 0.3 is 0 Å². The first-order chi connectivity index (χ1) is 3.60. The Morgan fingerprint density at radius 2 is 2.25 bits per heavy atom. The lowest BCUT2D eigenvalue weighted by molar-refractivity contribution is 0.0368. The summed E-state index contributed by atoms with van der Waals surface area (Å²) in [5, 5.41) is 0.463. The number of thiol groups is 1. The van der Waals surface area contributed by atoms with Gasteiger partial charge in [0.05, 0.1) is 12.2 Å². The minimum absolute atomic E-state index is 0.0897. The Labute approximate surface area is 55.8 Å². The number of hydrogen-bond donors (Lipinski definition) is 1. The van der Waals surface area contributed by atoms with Crippen LogP contribution in [0, 0.1) is 0 Å². The molecule has 2 heteroatoms. The molecule has 0 aromatic rings. The molecule has 0 aliphatic carbocycles. The van der Waals surface area contributed by atoms with Crippen molar-refractivity contribution in [2.75, 3.05) is 6.61 Å². The molecule has 1 atom stereocenters. The highest BCUT2D eigenvalue weighted by atomic mass is 32.1. The highest BCUT2D eigenvalue weighted by molar-refractivity contribution is 7.81. The van der Waals surface area contributed by atoms with Gasteiger partial charge in [-0.3, -0.25) is 0 Å². The molecule has 0 aromatic heterocycles. The van der Waals surface area contributed by atoms with Gasteiger partial charge in [0.1, 0.15) is 0 Å². The van der Waals surface area contributed by atoms with Gasteiger partial charge in [-0.05, 0) is 20.3 Å². The molecule has 0 aromatic carbocycles. The summed E-state index contributed by atoms with van der Waals surface area (Å²) in [5.74, 6) is 0. The predicted octanol–water partition coefficient (Wildman–Crippen LogP) is 1.48. The number of rotatable bonds is 0. The third-order valence-corrected chi connectivity index (χ3v) is 1.73. The normalized spacial score (nSPS) is 35.6. The Kier molecular flexibility index (Phi) is 1.54. The third kappa shape index (κ3) is 1.39. The van der Waals surface area contributed by atoms with Crippen molar-refractivity contribution in [3.63, 3.8) is 0 Å². The highest BCUT2D eigenvalue weighted by Crippen LogP contribution is 2.27. The summed E-state index contributed by atoms with van der Waals surface area (Å²) in [6.45, 7) is 5.02. The number of hydrogen-bond acceptors (Lipinski definition) is 2. The van der Waals surface area contributed by atoms with Gasteiger partial charge in [0.15, 0.2) is 0 Å². The van der Waals surface area contributed by atoms with Crippen LogP contribution in [0.5, 0.6) is 0 Å². The van der Waals surface area contributed by atoms with E-state index in [-0.39, 0.29) is 5.60 Å². The summed E-state index contributed by atoms with van der Waals surface area (Å²) in [6.07, 6.45) is 1.08. The molecule has 0 spiro atoms. The summed E-state index contributed by atoms with van der Waals surface area (Å²) >= 11 is 4.28. The van der Waals surface area contributed by atoms with Crippen molar-refractivity contribution in [1.82, 2.24) is 0 Å². The maximum Gasteiger partial charge on any atom is 0.0638 e. The first kappa shape index (κ1) is 6.43. The average molecular weight is 132 g/mol. The van der Waals surface area contributed by atoms with Crippen LogP contribution < -0.4 is 0 Å². The SMILES string of the molecule is CC1(C)CC(S)CO1.